The zero-order valence-corrected chi connectivity index (χ0v) is 14.0. The molecule has 1 fully saturated rings. The molecule has 1 atom stereocenters. The number of hydrogen-bond acceptors (Lipinski definition) is 2. The maximum Gasteiger partial charge on any atom is 0.0837 e. The molecule has 0 aromatic heterocycles. The van der Waals surface area contributed by atoms with Gasteiger partial charge < -0.3 is 10.1 Å². The maximum atomic E-state index is 6.34. The van der Waals surface area contributed by atoms with Crippen LogP contribution in [0.25, 0.3) is 0 Å². The molecule has 1 N–H and O–H groups in total. The van der Waals surface area contributed by atoms with Crippen molar-refractivity contribution in [1.82, 2.24) is 5.32 Å². The largest absolute Gasteiger partial charge is 0.374 e. The minimum atomic E-state index is 0.0652. The molecule has 1 aliphatic carbocycles. The van der Waals surface area contributed by atoms with Crippen LogP contribution in [0.3, 0.4) is 0 Å². The van der Waals surface area contributed by atoms with Gasteiger partial charge in [0.2, 0.25) is 0 Å². The summed E-state index contributed by atoms with van der Waals surface area (Å²) < 4.78 is 6.34. The lowest BCUT2D eigenvalue weighted by molar-refractivity contribution is -0.117. The first-order chi connectivity index (χ1) is 8.94. The topological polar surface area (TPSA) is 21.3 Å². The van der Waals surface area contributed by atoms with Crippen LogP contribution in [-0.4, -0.2) is 25.3 Å². The summed E-state index contributed by atoms with van der Waals surface area (Å²) in [5.74, 6) is 0.720. The van der Waals surface area contributed by atoms with Crippen LogP contribution in [0.2, 0.25) is 0 Å². The number of hydrogen-bond donors (Lipinski definition) is 1. The van der Waals surface area contributed by atoms with Gasteiger partial charge in [0.05, 0.1) is 5.60 Å². The summed E-state index contributed by atoms with van der Waals surface area (Å²) in [5, 5.41) is 3.60. The molecule has 0 radical (unpaired) electrons. The fourth-order valence-corrected chi connectivity index (χ4v) is 3.87. The number of likely N-dealkylation sites (N-methyl/N-ethyl adjacent to an activating group) is 1. The number of rotatable bonds is 7. The lowest BCUT2D eigenvalue weighted by atomic mass is 9.66. The maximum absolute atomic E-state index is 6.34. The van der Waals surface area contributed by atoms with Gasteiger partial charge in [-0.2, -0.15) is 0 Å². The molecule has 0 aliphatic heterocycles. The Balaban J connectivity index is 2.91. The van der Waals surface area contributed by atoms with Gasteiger partial charge in [-0.1, -0.05) is 40.5 Å². The van der Waals surface area contributed by atoms with Crippen molar-refractivity contribution in [3.05, 3.63) is 0 Å². The molecule has 19 heavy (non-hydrogen) atoms. The van der Waals surface area contributed by atoms with Gasteiger partial charge in [0.25, 0.3) is 0 Å². The molecule has 0 bridgehead atoms. The summed E-state index contributed by atoms with van der Waals surface area (Å²) in [6, 6.07) is 0.499. The SMILES string of the molecule is CCOC1(C(NC)C(CC)CC)CCC(C)(C)CC1. The van der Waals surface area contributed by atoms with E-state index in [0.717, 1.165) is 12.5 Å². The first-order valence-corrected chi connectivity index (χ1v) is 8.26. The summed E-state index contributed by atoms with van der Waals surface area (Å²) in [5.41, 5.74) is 0.558. The van der Waals surface area contributed by atoms with Crippen molar-refractivity contribution >= 4 is 0 Å². The molecule has 0 aromatic carbocycles. The zero-order valence-electron chi connectivity index (χ0n) is 14.0. The standard InChI is InChI=1S/C17H35NO/c1-7-14(8-2)15(18-6)17(19-9-3)12-10-16(4,5)11-13-17/h14-15,18H,7-13H2,1-6H3. The quantitative estimate of drug-likeness (QED) is 0.740. The third-order valence-corrected chi connectivity index (χ3v) is 5.28. The molecule has 0 heterocycles. The molecule has 1 rings (SSSR count). The Morgan fingerprint density at radius 2 is 1.53 bits per heavy atom. The van der Waals surface area contributed by atoms with Gasteiger partial charge in [-0.05, 0) is 51.0 Å². The molecule has 114 valence electrons. The summed E-state index contributed by atoms with van der Waals surface area (Å²) in [6.07, 6.45) is 7.45. The monoisotopic (exact) mass is 269 g/mol. The highest BCUT2D eigenvalue weighted by molar-refractivity contribution is 5.00. The first kappa shape index (κ1) is 17.0. The summed E-state index contributed by atoms with van der Waals surface area (Å²) in [7, 11) is 2.11. The summed E-state index contributed by atoms with van der Waals surface area (Å²) in [6.45, 7) is 12.4. The Morgan fingerprint density at radius 1 is 1.00 bits per heavy atom. The third kappa shape index (κ3) is 3.95. The third-order valence-electron chi connectivity index (χ3n) is 5.28. The van der Waals surface area contributed by atoms with E-state index < -0.39 is 0 Å². The van der Waals surface area contributed by atoms with E-state index in [1.807, 2.05) is 0 Å². The fourth-order valence-electron chi connectivity index (χ4n) is 3.87. The Kier molecular flexibility index (Phi) is 6.32. The molecule has 1 aliphatic rings. The Morgan fingerprint density at radius 3 is 1.89 bits per heavy atom. The second kappa shape index (κ2) is 7.08. The average Bonchev–Trinajstić information content (AvgIpc) is 2.39. The molecule has 0 spiro atoms. The Labute approximate surface area is 120 Å². The van der Waals surface area contributed by atoms with Crippen molar-refractivity contribution in [2.75, 3.05) is 13.7 Å². The minimum Gasteiger partial charge on any atom is -0.374 e. The van der Waals surface area contributed by atoms with Crippen molar-refractivity contribution in [3.63, 3.8) is 0 Å². The Bertz CT molecular complexity index is 248. The average molecular weight is 269 g/mol. The molecule has 0 saturated heterocycles. The van der Waals surface area contributed by atoms with Crippen LogP contribution in [0.15, 0.2) is 0 Å². The lowest BCUT2D eigenvalue weighted by Crippen LogP contribution is -2.57. The van der Waals surface area contributed by atoms with E-state index in [4.69, 9.17) is 4.74 Å². The van der Waals surface area contributed by atoms with Crippen molar-refractivity contribution in [3.8, 4) is 0 Å². The van der Waals surface area contributed by atoms with Crippen LogP contribution >= 0.6 is 0 Å². The number of nitrogens with one attached hydrogen (secondary N) is 1. The van der Waals surface area contributed by atoms with E-state index in [2.05, 4.69) is 47.0 Å². The van der Waals surface area contributed by atoms with E-state index in [1.165, 1.54) is 38.5 Å². The van der Waals surface area contributed by atoms with Crippen molar-refractivity contribution in [2.24, 2.45) is 11.3 Å². The van der Waals surface area contributed by atoms with E-state index in [0.29, 0.717) is 11.5 Å². The summed E-state index contributed by atoms with van der Waals surface area (Å²) >= 11 is 0. The van der Waals surface area contributed by atoms with Crippen molar-refractivity contribution in [2.45, 2.75) is 84.8 Å². The van der Waals surface area contributed by atoms with Crippen LogP contribution in [0.4, 0.5) is 0 Å². The molecule has 2 nitrogen and oxygen atoms in total. The van der Waals surface area contributed by atoms with Crippen molar-refractivity contribution < 1.29 is 4.74 Å². The molecular weight excluding hydrogens is 234 g/mol. The van der Waals surface area contributed by atoms with E-state index >= 15 is 0 Å². The van der Waals surface area contributed by atoms with Gasteiger partial charge in [-0.15, -0.1) is 0 Å². The smallest absolute Gasteiger partial charge is 0.0837 e. The van der Waals surface area contributed by atoms with Gasteiger partial charge >= 0.3 is 0 Å². The van der Waals surface area contributed by atoms with Gasteiger partial charge in [0.15, 0.2) is 0 Å². The predicted octanol–water partition coefficient (Wildman–Crippen LogP) is 4.39. The Hall–Kier alpha value is -0.0800. The van der Waals surface area contributed by atoms with E-state index in [-0.39, 0.29) is 5.60 Å². The van der Waals surface area contributed by atoms with Crippen LogP contribution in [0.5, 0.6) is 0 Å². The molecular formula is C17H35NO. The fraction of sp³-hybridized carbons (Fsp3) is 1.00. The second-order valence-electron chi connectivity index (χ2n) is 7.00. The van der Waals surface area contributed by atoms with Crippen LogP contribution in [0, 0.1) is 11.3 Å². The van der Waals surface area contributed by atoms with Gasteiger partial charge in [-0.3, -0.25) is 0 Å². The second-order valence-corrected chi connectivity index (χ2v) is 7.00. The highest BCUT2D eigenvalue weighted by atomic mass is 16.5. The van der Waals surface area contributed by atoms with E-state index in [9.17, 15) is 0 Å². The molecule has 2 heteroatoms. The highest BCUT2D eigenvalue weighted by Gasteiger charge is 2.46. The predicted molar refractivity (Wildman–Crippen MR) is 83.5 cm³/mol. The highest BCUT2D eigenvalue weighted by Crippen LogP contribution is 2.45. The normalized spacial score (nSPS) is 23.5. The van der Waals surface area contributed by atoms with Crippen LogP contribution < -0.4 is 5.32 Å². The molecule has 0 aromatic rings. The molecule has 1 saturated carbocycles. The zero-order chi connectivity index (χ0) is 14.5. The first-order valence-electron chi connectivity index (χ1n) is 8.26. The van der Waals surface area contributed by atoms with E-state index in [1.54, 1.807) is 0 Å². The van der Waals surface area contributed by atoms with Crippen molar-refractivity contribution in [1.29, 1.82) is 0 Å². The van der Waals surface area contributed by atoms with Crippen LogP contribution in [-0.2, 0) is 4.74 Å². The molecule has 0 amide bonds. The minimum absolute atomic E-state index is 0.0652. The van der Waals surface area contributed by atoms with Crippen LogP contribution in [0.1, 0.15) is 73.1 Å². The van der Waals surface area contributed by atoms with Gasteiger partial charge in [-0.25, -0.2) is 0 Å². The molecule has 1 unspecified atom stereocenters. The van der Waals surface area contributed by atoms with Gasteiger partial charge in [0, 0.05) is 12.6 Å². The lowest BCUT2D eigenvalue weighted by Gasteiger charge is -2.49. The van der Waals surface area contributed by atoms with Gasteiger partial charge in [0.1, 0.15) is 0 Å². The number of ether oxygens (including phenoxy) is 1. The summed E-state index contributed by atoms with van der Waals surface area (Å²) in [4.78, 5) is 0.